The third-order valence-corrected chi connectivity index (χ3v) is 3.57. The first kappa shape index (κ1) is 12.9. The molecule has 0 amide bonds. The van der Waals surface area contributed by atoms with Crippen LogP contribution >= 0.6 is 23.4 Å². The minimum Gasteiger partial charge on any atom is -0.245 e. The van der Waals surface area contributed by atoms with Crippen molar-refractivity contribution in [1.82, 2.24) is 9.97 Å². The van der Waals surface area contributed by atoms with E-state index in [0.29, 0.717) is 10.7 Å². The quantitative estimate of drug-likeness (QED) is 0.634. The Kier molecular flexibility index (Phi) is 4.19. The number of aryl methyl sites for hydroxylation is 1. The molecule has 3 nitrogen and oxygen atoms in total. The Bertz CT molecular complexity index is 590. The van der Waals surface area contributed by atoms with Gasteiger partial charge in [0.25, 0.3) is 0 Å². The molecule has 0 fully saturated rings. The van der Waals surface area contributed by atoms with Gasteiger partial charge in [-0.3, -0.25) is 0 Å². The van der Waals surface area contributed by atoms with E-state index in [-0.39, 0.29) is 0 Å². The lowest BCUT2D eigenvalue weighted by atomic mass is 10.3. The molecule has 0 aromatic carbocycles. The summed E-state index contributed by atoms with van der Waals surface area (Å²) < 4.78 is 0. The van der Waals surface area contributed by atoms with Crippen LogP contribution in [0.15, 0.2) is 35.5 Å². The Morgan fingerprint density at radius 2 is 2.17 bits per heavy atom. The van der Waals surface area contributed by atoms with Gasteiger partial charge in [0.05, 0.1) is 5.56 Å². The smallest absolute Gasteiger partial charge is 0.129 e. The molecule has 2 aromatic rings. The maximum absolute atomic E-state index is 9.01. The molecule has 0 N–H and O–H groups in total. The molecule has 0 spiro atoms. The summed E-state index contributed by atoms with van der Waals surface area (Å²) in [5, 5.41) is 10.2. The number of hydrogen-bond donors (Lipinski definition) is 0. The highest BCUT2D eigenvalue weighted by molar-refractivity contribution is 7.98. The van der Waals surface area contributed by atoms with Crippen LogP contribution in [0.4, 0.5) is 0 Å². The largest absolute Gasteiger partial charge is 0.245 e. The predicted octanol–water partition coefficient (Wildman–Crippen LogP) is 3.60. The highest BCUT2D eigenvalue weighted by Gasteiger charge is 2.05. The van der Waals surface area contributed by atoms with Crippen LogP contribution in [0.3, 0.4) is 0 Å². The zero-order valence-corrected chi connectivity index (χ0v) is 11.3. The Hall–Kier alpha value is -1.57. The molecular weight excluding hydrogens is 266 g/mol. The van der Waals surface area contributed by atoms with Gasteiger partial charge in [0.2, 0.25) is 0 Å². The summed E-state index contributed by atoms with van der Waals surface area (Å²) in [6.07, 6.45) is 1.73. The van der Waals surface area contributed by atoms with E-state index in [1.165, 1.54) is 11.8 Å². The lowest BCUT2D eigenvalue weighted by molar-refractivity contribution is 1.05. The van der Waals surface area contributed by atoms with E-state index >= 15 is 0 Å². The average molecular weight is 276 g/mol. The van der Waals surface area contributed by atoms with E-state index in [4.69, 9.17) is 16.9 Å². The van der Waals surface area contributed by atoms with Gasteiger partial charge in [-0.1, -0.05) is 17.7 Å². The molecular formula is C13H10ClN3S. The first-order valence-corrected chi connectivity index (χ1v) is 6.66. The van der Waals surface area contributed by atoms with Crippen molar-refractivity contribution in [2.75, 3.05) is 0 Å². The number of pyridine rings is 2. The number of aromatic nitrogens is 2. The third-order valence-electron chi connectivity index (χ3n) is 2.28. The van der Waals surface area contributed by atoms with Crippen molar-refractivity contribution in [2.45, 2.75) is 17.7 Å². The van der Waals surface area contributed by atoms with E-state index in [2.05, 4.69) is 16.0 Å². The second-order valence-electron chi connectivity index (χ2n) is 3.69. The monoisotopic (exact) mass is 275 g/mol. The van der Waals surface area contributed by atoms with Gasteiger partial charge in [0, 0.05) is 17.6 Å². The average Bonchev–Trinajstić information content (AvgIpc) is 2.38. The molecule has 5 heteroatoms. The summed E-state index contributed by atoms with van der Waals surface area (Å²) in [6, 6.07) is 9.46. The van der Waals surface area contributed by atoms with E-state index in [0.717, 1.165) is 22.0 Å². The van der Waals surface area contributed by atoms with Crippen molar-refractivity contribution in [3.8, 4) is 6.07 Å². The van der Waals surface area contributed by atoms with Crippen molar-refractivity contribution in [1.29, 1.82) is 5.26 Å². The highest BCUT2D eigenvalue weighted by atomic mass is 35.5. The Morgan fingerprint density at radius 3 is 2.83 bits per heavy atom. The molecule has 0 aliphatic carbocycles. The molecule has 90 valence electrons. The van der Waals surface area contributed by atoms with Gasteiger partial charge < -0.3 is 0 Å². The lowest BCUT2D eigenvalue weighted by Gasteiger charge is -2.04. The Labute approximate surface area is 115 Å². The maximum atomic E-state index is 9.01. The SMILES string of the molecule is Cc1ccc(C#N)c(SCc2ccc(Cl)nc2)n1. The van der Waals surface area contributed by atoms with Crippen molar-refractivity contribution in [3.05, 3.63) is 52.4 Å². The zero-order valence-electron chi connectivity index (χ0n) is 9.72. The molecule has 0 radical (unpaired) electrons. The van der Waals surface area contributed by atoms with E-state index in [1.807, 2.05) is 19.1 Å². The minimum atomic E-state index is 0.482. The zero-order chi connectivity index (χ0) is 13.0. The molecule has 0 saturated heterocycles. The maximum Gasteiger partial charge on any atom is 0.129 e. The van der Waals surface area contributed by atoms with Gasteiger partial charge in [-0.25, -0.2) is 9.97 Å². The van der Waals surface area contributed by atoms with Crippen LogP contribution in [0.2, 0.25) is 5.15 Å². The van der Waals surface area contributed by atoms with Crippen LogP contribution in [-0.2, 0) is 5.75 Å². The molecule has 0 aliphatic heterocycles. The van der Waals surface area contributed by atoms with Gasteiger partial charge in [-0.2, -0.15) is 5.26 Å². The molecule has 0 atom stereocenters. The van der Waals surface area contributed by atoms with Crippen molar-refractivity contribution >= 4 is 23.4 Å². The molecule has 2 rings (SSSR count). The number of thioether (sulfide) groups is 1. The molecule has 0 saturated carbocycles. The summed E-state index contributed by atoms with van der Waals surface area (Å²) in [5.74, 6) is 0.718. The fraction of sp³-hybridized carbons (Fsp3) is 0.154. The number of halogens is 1. The fourth-order valence-corrected chi connectivity index (χ4v) is 2.44. The lowest BCUT2D eigenvalue weighted by Crippen LogP contribution is -1.91. The Balaban J connectivity index is 2.13. The second kappa shape index (κ2) is 5.85. The van der Waals surface area contributed by atoms with Crippen LogP contribution in [0, 0.1) is 18.3 Å². The predicted molar refractivity (Wildman–Crippen MR) is 72.5 cm³/mol. The van der Waals surface area contributed by atoms with Crippen LogP contribution in [0.25, 0.3) is 0 Å². The first-order valence-electron chi connectivity index (χ1n) is 5.30. The molecule has 0 bridgehead atoms. The van der Waals surface area contributed by atoms with Crippen LogP contribution < -0.4 is 0 Å². The normalized spacial score (nSPS) is 10.1. The van der Waals surface area contributed by atoms with Crippen molar-refractivity contribution < 1.29 is 0 Å². The molecule has 2 heterocycles. The summed E-state index contributed by atoms with van der Waals surface area (Å²) in [5.41, 5.74) is 2.56. The van der Waals surface area contributed by atoms with Gasteiger partial charge >= 0.3 is 0 Å². The van der Waals surface area contributed by atoms with Crippen molar-refractivity contribution in [2.24, 2.45) is 0 Å². The van der Waals surface area contributed by atoms with Gasteiger partial charge in [-0.15, -0.1) is 11.8 Å². The summed E-state index contributed by atoms with van der Waals surface area (Å²) in [6.45, 7) is 1.91. The van der Waals surface area contributed by atoms with Crippen LogP contribution in [0.1, 0.15) is 16.8 Å². The first-order chi connectivity index (χ1) is 8.69. The Morgan fingerprint density at radius 1 is 1.33 bits per heavy atom. The van der Waals surface area contributed by atoms with E-state index in [1.54, 1.807) is 18.3 Å². The molecule has 0 unspecified atom stereocenters. The number of rotatable bonds is 3. The number of nitrogens with zero attached hydrogens (tertiary/aromatic N) is 3. The summed E-state index contributed by atoms with van der Waals surface area (Å²) in [4.78, 5) is 8.39. The van der Waals surface area contributed by atoms with Gasteiger partial charge in [-0.05, 0) is 30.7 Å². The second-order valence-corrected chi connectivity index (χ2v) is 5.05. The molecule has 2 aromatic heterocycles. The summed E-state index contributed by atoms with van der Waals surface area (Å²) >= 11 is 7.25. The highest BCUT2D eigenvalue weighted by Crippen LogP contribution is 2.24. The van der Waals surface area contributed by atoms with Gasteiger partial charge in [0.15, 0.2) is 0 Å². The standard InChI is InChI=1S/C13H10ClN3S/c1-9-2-4-11(6-15)13(17-9)18-8-10-3-5-12(14)16-7-10/h2-5,7H,8H2,1H3. The van der Waals surface area contributed by atoms with Crippen LogP contribution in [-0.4, -0.2) is 9.97 Å². The van der Waals surface area contributed by atoms with Gasteiger partial charge in [0.1, 0.15) is 16.2 Å². The topological polar surface area (TPSA) is 49.6 Å². The third kappa shape index (κ3) is 3.22. The van der Waals surface area contributed by atoms with Crippen molar-refractivity contribution in [3.63, 3.8) is 0 Å². The number of hydrogen-bond acceptors (Lipinski definition) is 4. The fourth-order valence-electron chi connectivity index (χ4n) is 1.37. The minimum absolute atomic E-state index is 0.482. The van der Waals surface area contributed by atoms with E-state index < -0.39 is 0 Å². The molecule has 0 aliphatic rings. The van der Waals surface area contributed by atoms with E-state index in [9.17, 15) is 0 Å². The molecule has 18 heavy (non-hydrogen) atoms. The summed E-state index contributed by atoms with van der Waals surface area (Å²) in [7, 11) is 0. The van der Waals surface area contributed by atoms with Crippen LogP contribution in [0.5, 0.6) is 0 Å². The number of nitriles is 1.